The van der Waals surface area contributed by atoms with Gasteiger partial charge in [0.25, 0.3) is 0 Å². The molecule has 1 aromatic heterocycles. The number of carbonyl (C=O) groups excluding carboxylic acids is 2. The third-order valence-corrected chi connectivity index (χ3v) is 5.82. The van der Waals surface area contributed by atoms with Crippen LogP contribution in [-0.2, 0) is 4.79 Å². The molecule has 3 amide bonds. The van der Waals surface area contributed by atoms with E-state index < -0.39 is 12.1 Å². The van der Waals surface area contributed by atoms with Crippen molar-refractivity contribution in [3.05, 3.63) is 77.0 Å². The lowest BCUT2D eigenvalue weighted by molar-refractivity contribution is -0.131. The van der Waals surface area contributed by atoms with Crippen LogP contribution in [-0.4, -0.2) is 34.9 Å². The second kappa shape index (κ2) is 8.63. The lowest BCUT2D eigenvalue weighted by Gasteiger charge is -2.28. The van der Waals surface area contributed by atoms with Crippen LogP contribution in [0.15, 0.2) is 60.8 Å². The number of halogens is 1. The van der Waals surface area contributed by atoms with Crippen LogP contribution in [0.4, 0.5) is 4.79 Å². The molecular formula is C23H23ClN4O2. The Morgan fingerprint density at radius 3 is 2.67 bits per heavy atom. The summed E-state index contributed by atoms with van der Waals surface area (Å²) in [6, 6.07) is 14.1. The van der Waals surface area contributed by atoms with E-state index in [1.807, 2.05) is 24.4 Å². The van der Waals surface area contributed by atoms with Crippen molar-refractivity contribution >= 4 is 40.0 Å². The fourth-order valence-electron chi connectivity index (χ4n) is 3.95. The number of H-pyrrole nitrogens is 1. The Morgan fingerprint density at radius 1 is 1.17 bits per heavy atom. The van der Waals surface area contributed by atoms with Crippen LogP contribution in [0, 0.1) is 0 Å². The molecule has 6 nitrogen and oxygen atoms in total. The number of aromatic nitrogens is 1. The minimum atomic E-state index is -0.687. The van der Waals surface area contributed by atoms with Gasteiger partial charge in [0.05, 0.1) is 12.5 Å². The van der Waals surface area contributed by atoms with E-state index in [0.29, 0.717) is 23.7 Å². The molecule has 0 unspecified atom stereocenters. The molecular weight excluding hydrogens is 400 g/mol. The summed E-state index contributed by atoms with van der Waals surface area (Å²) in [5.41, 5.74) is 9.52. The molecule has 154 valence electrons. The number of benzene rings is 2. The van der Waals surface area contributed by atoms with Crippen LogP contribution in [0.3, 0.4) is 0 Å². The number of amides is 3. The first-order valence-corrected chi connectivity index (χ1v) is 10.2. The van der Waals surface area contributed by atoms with Crippen molar-refractivity contribution in [1.82, 2.24) is 15.2 Å². The van der Waals surface area contributed by atoms with Crippen molar-refractivity contribution in [3.63, 3.8) is 0 Å². The zero-order valence-electron chi connectivity index (χ0n) is 16.4. The van der Waals surface area contributed by atoms with Gasteiger partial charge in [0, 0.05) is 40.8 Å². The summed E-state index contributed by atoms with van der Waals surface area (Å²) in [5.74, 6) is -0.0529. The average molecular weight is 423 g/mol. The Bertz CT molecular complexity index is 1120. The maximum Gasteiger partial charge on any atom is 0.312 e. The van der Waals surface area contributed by atoms with Crippen molar-refractivity contribution in [1.29, 1.82) is 0 Å². The van der Waals surface area contributed by atoms with Gasteiger partial charge < -0.3 is 20.9 Å². The average Bonchev–Trinajstić information content (AvgIpc) is 3.17. The third-order valence-electron chi connectivity index (χ3n) is 5.47. The van der Waals surface area contributed by atoms with Gasteiger partial charge in [-0.05, 0) is 29.7 Å². The van der Waals surface area contributed by atoms with Crippen molar-refractivity contribution in [2.45, 2.75) is 18.9 Å². The van der Waals surface area contributed by atoms with Gasteiger partial charge in [-0.15, -0.1) is 0 Å². The number of nitrogens with zero attached hydrogens (tertiary/aromatic N) is 1. The lowest BCUT2D eigenvalue weighted by atomic mass is 9.98. The van der Waals surface area contributed by atoms with Crippen molar-refractivity contribution in [2.75, 3.05) is 13.1 Å². The molecule has 0 fully saturated rings. The van der Waals surface area contributed by atoms with Crippen molar-refractivity contribution in [2.24, 2.45) is 5.73 Å². The second-order valence-electron chi connectivity index (χ2n) is 7.35. The standard InChI is InChI=1S/C23H23ClN4O2/c24-19-7-3-1-6-17(19)21(27-23(25)30)13-22(29)28-11-9-15(10-12-28)18-14-26-20-8-4-2-5-16(18)20/h1-9,14,21,26H,10-13H2,(H3,25,27,30)/t21-/m1/s1. The van der Waals surface area contributed by atoms with Crippen LogP contribution in [0.5, 0.6) is 0 Å². The van der Waals surface area contributed by atoms with Crippen molar-refractivity contribution in [3.8, 4) is 0 Å². The van der Waals surface area contributed by atoms with Gasteiger partial charge in [-0.25, -0.2) is 4.79 Å². The Morgan fingerprint density at radius 2 is 1.93 bits per heavy atom. The molecule has 1 aliphatic heterocycles. The zero-order chi connectivity index (χ0) is 21.1. The summed E-state index contributed by atoms with van der Waals surface area (Å²) in [7, 11) is 0. The van der Waals surface area contributed by atoms with Crippen molar-refractivity contribution < 1.29 is 9.59 Å². The molecule has 0 aliphatic carbocycles. The smallest absolute Gasteiger partial charge is 0.312 e. The number of rotatable bonds is 5. The number of urea groups is 1. The predicted molar refractivity (Wildman–Crippen MR) is 119 cm³/mol. The highest BCUT2D eigenvalue weighted by Gasteiger charge is 2.25. The summed E-state index contributed by atoms with van der Waals surface area (Å²) < 4.78 is 0. The molecule has 1 atom stereocenters. The van der Waals surface area contributed by atoms with E-state index in [1.54, 1.807) is 23.1 Å². The monoisotopic (exact) mass is 422 g/mol. The van der Waals surface area contributed by atoms with E-state index in [9.17, 15) is 9.59 Å². The Kier molecular flexibility index (Phi) is 5.77. The normalized spacial score (nSPS) is 15.0. The molecule has 30 heavy (non-hydrogen) atoms. The number of fused-ring (bicyclic) bond motifs is 1. The Balaban J connectivity index is 1.47. The van der Waals surface area contributed by atoms with Gasteiger partial charge in [0.2, 0.25) is 5.91 Å². The largest absolute Gasteiger partial charge is 0.361 e. The third kappa shape index (κ3) is 4.19. The van der Waals surface area contributed by atoms with E-state index in [0.717, 1.165) is 11.9 Å². The van der Waals surface area contributed by atoms with Crippen LogP contribution >= 0.6 is 11.6 Å². The second-order valence-corrected chi connectivity index (χ2v) is 7.76. The fraction of sp³-hybridized carbons (Fsp3) is 0.217. The first-order chi connectivity index (χ1) is 14.5. The molecule has 1 aliphatic rings. The summed E-state index contributed by atoms with van der Waals surface area (Å²) in [5, 5.41) is 4.32. The van der Waals surface area contributed by atoms with E-state index in [4.69, 9.17) is 17.3 Å². The first kappa shape index (κ1) is 20.0. The zero-order valence-corrected chi connectivity index (χ0v) is 17.2. The molecule has 4 rings (SSSR count). The molecule has 2 heterocycles. The SMILES string of the molecule is NC(=O)N[C@H](CC(=O)N1CC=C(c2c[nH]c3ccccc23)CC1)c1ccccc1Cl. The van der Waals surface area contributed by atoms with Gasteiger partial charge in [0.15, 0.2) is 0 Å². The maximum absolute atomic E-state index is 12.9. The summed E-state index contributed by atoms with van der Waals surface area (Å²) in [6.07, 6.45) is 5.00. The number of primary amides is 1. The highest BCUT2D eigenvalue weighted by atomic mass is 35.5. The molecule has 0 saturated carbocycles. The molecule has 4 N–H and O–H groups in total. The Labute approximate surface area is 179 Å². The van der Waals surface area contributed by atoms with Gasteiger partial charge >= 0.3 is 6.03 Å². The Hall–Kier alpha value is -3.25. The van der Waals surface area contributed by atoms with Crippen LogP contribution < -0.4 is 11.1 Å². The highest BCUT2D eigenvalue weighted by Crippen LogP contribution is 2.30. The first-order valence-electron chi connectivity index (χ1n) is 9.86. The fourth-order valence-corrected chi connectivity index (χ4v) is 4.22. The highest BCUT2D eigenvalue weighted by molar-refractivity contribution is 6.31. The summed E-state index contributed by atoms with van der Waals surface area (Å²) in [6.45, 7) is 1.15. The predicted octanol–water partition coefficient (Wildman–Crippen LogP) is 4.24. The summed E-state index contributed by atoms with van der Waals surface area (Å²) >= 11 is 6.27. The van der Waals surface area contributed by atoms with Crippen LogP contribution in [0.1, 0.15) is 30.0 Å². The van der Waals surface area contributed by atoms with Crippen LogP contribution in [0.25, 0.3) is 16.5 Å². The topological polar surface area (TPSA) is 91.2 Å². The van der Waals surface area contributed by atoms with Crippen LogP contribution in [0.2, 0.25) is 5.02 Å². The molecule has 2 aromatic carbocycles. The quantitative estimate of drug-likeness (QED) is 0.574. The number of nitrogens with two attached hydrogens (primary N) is 1. The van der Waals surface area contributed by atoms with E-state index >= 15 is 0 Å². The lowest BCUT2D eigenvalue weighted by Crippen LogP contribution is -2.40. The minimum absolute atomic E-state index is 0.0529. The molecule has 0 bridgehead atoms. The molecule has 0 spiro atoms. The number of para-hydroxylation sites is 1. The molecule has 0 radical (unpaired) electrons. The minimum Gasteiger partial charge on any atom is -0.361 e. The summed E-state index contributed by atoms with van der Waals surface area (Å²) in [4.78, 5) is 29.5. The number of nitrogens with one attached hydrogen (secondary N) is 2. The number of carbonyl (C=O) groups is 2. The van der Waals surface area contributed by atoms with E-state index in [-0.39, 0.29) is 12.3 Å². The van der Waals surface area contributed by atoms with Gasteiger partial charge in [-0.1, -0.05) is 54.1 Å². The number of hydrogen-bond donors (Lipinski definition) is 3. The number of hydrogen-bond acceptors (Lipinski definition) is 2. The van der Waals surface area contributed by atoms with E-state index in [2.05, 4.69) is 28.5 Å². The molecule has 3 aromatic rings. The molecule has 0 saturated heterocycles. The molecule has 7 heteroatoms. The maximum atomic E-state index is 12.9. The van der Waals surface area contributed by atoms with Gasteiger partial charge in [-0.2, -0.15) is 0 Å². The number of aromatic amines is 1. The van der Waals surface area contributed by atoms with Gasteiger partial charge in [0.1, 0.15) is 0 Å². The van der Waals surface area contributed by atoms with Gasteiger partial charge in [-0.3, -0.25) is 4.79 Å². The van der Waals surface area contributed by atoms with E-state index in [1.165, 1.54) is 16.5 Å².